The smallest absolute Gasteiger partial charge is 0.342 e. The molecule has 2 rings (SSSR count). The number of hydrogen-bond acceptors (Lipinski definition) is 5. The first-order chi connectivity index (χ1) is 11.4. The summed E-state index contributed by atoms with van der Waals surface area (Å²) in [4.78, 5) is 24.1. The molecule has 0 aromatic heterocycles. The van der Waals surface area contributed by atoms with Crippen LogP contribution in [-0.2, 0) is 9.53 Å². The van der Waals surface area contributed by atoms with E-state index in [2.05, 4.69) is 19.2 Å². The number of amides is 1. The average molecular weight is 335 g/mol. The van der Waals surface area contributed by atoms with Crippen molar-refractivity contribution in [2.45, 2.75) is 39.2 Å². The molecule has 1 aliphatic carbocycles. The Morgan fingerprint density at radius 2 is 2.04 bits per heavy atom. The van der Waals surface area contributed by atoms with Crippen LogP contribution in [0.3, 0.4) is 0 Å². The molecule has 1 aromatic rings. The highest BCUT2D eigenvalue weighted by atomic mass is 16.5. The summed E-state index contributed by atoms with van der Waals surface area (Å²) in [6.07, 6.45) is 3.22. The van der Waals surface area contributed by atoms with Crippen molar-refractivity contribution in [2.75, 3.05) is 13.7 Å². The second kappa shape index (κ2) is 8.04. The van der Waals surface area contributed by atoms with E-state index in [0.717, 1.165) is 12.8 Å². The lowest BCUT2D eigenvalue weighted by atomic mass is 9.78. The summed E-state index contributed by atoms with van der Waals surface area (Å²) in [5, 5.41) is 12.9. The predicted molar refractivity (Wildman–Crippen MR) is 89.1 cm³/mol. The number of phenols is 1. The predicted octanol–water partition coefficient (Wildman–Crippen LogP) is 2.50. The molecule has 2 N–H and O–H groups in total. The quantitative estimate of drug-likeness (QED) is 0.808. The largest absolute Gasteiger partial charge is 0.504 e. The number of nitrogens with one attached hydrogen (secondary N) is 1. The molecule has 3 atom stereocenters. The van der Waals surface area contributed by atoms with Crippen molar-refractivity contribution >= 4 is 11.9 Å². The SMILES string of the molecule is COc1cccc(C(=O)OCC(=O)N[C@H]2CCC[C@H](C)[C@H]2C)c1O. The molecule has 0 aliphatic heterocycles. The Bertz CT molecular complexity index is 601. The van der Waals surface area contributed by atoms with Crippen molar-refractivity contribution in [2.24, 2.45) is 11.8 Å². The third-order valence-electron chi connectivity index (χ3n) is 4.83. The van der Waals surface area contributed by atoms with Crippen molar-refractivity contribution in [3.05, 3.63) is 23.8 Å². The van der Waals surface area contributed by atoms with Gasteiger partial charge in [-0.3, -0.25) is 4.79 Å². The fourth-order valence-electron chi connectivity index (χ4n) is 3.09. The topological polar surface area (TPSA) is 84.9 Å². The molecule has 6 heteroatoms. The highest BCUT2D eigenvalue weighted by Gasteiger charge is 2.28. The van der Waals surface area contributed by atoms with Gasteiger partial charge in [0.2, 0.25) is 0 Å². The van der Waals surface area contributed by atoms with Crippen LogP contribution >= 0.6 is 0 Å². The molecule has 0 bridgehead atoms. The van der Waals surface area contributed by atoms with E-state index in [4.69, 9.17) is 9.47 Å². The second-order valence-corrected chi connectivity index (χ2v) is 6.37. The molecule has 132 valence electrons. The summed E-state index contributed by atoms with van der Waals surface area (Å²) in [6.45, 7) is 3.96. The molecule has 1 saturated carbocycles. The Morgan fingerprint density at radius 3 is 2.75 bits per heavy atom. The van der Waals surface area contributed by atoms with Gasteiger partial charge in [-0.05, 0) is 30.4 Å². The van der Waals surface area contributed by atoms with E-state index in [0.29, 0.717) is 11.8 Å². The molecule has 1 amide bonds. The number of carbonyl (C=O) groups excluding carboxylic acids is 2. The zero-order valence-corrected chi connectivity index (χ0v) is 14.4. The summed E-state index contributed by atoms with van der Waals surface area (Å²) in [6, 6.07) is 4.64. The van der Waals surface area contributed by atoms with Gasteiger partial charge in [0.15, 0.2) is 18.1 Å². The van der Waals surface area contributed by atoms with Crippen molar-refractivity contribution in [1.82, 2.24) is 5.32 Å². The standard InChI is InChI=1S/C18H25NO5/c1-11-6-4-8-14(12(11)2)19-16(20)10-24-18(22)13-7-5-9-15(23-3)17(13)21/h5,7,9,11-12,14,21H,4,6,8,10H2,1-3H3,(H,19,20)/t11-,12+,14-/m0/s1. The molecule has 1 aromatic carbocycles. The van der Waals surface area contributed by atoms with Crippen LogP contribution < -0.4 is 10.1 Å². The minimum absolute atomic E-state index is 0.0261. The minimum Gasteiger partial charge on any atom is -0.504 e. The molecular weight excluding hydrogens is 310 g/mol. The molecular formula is C18H25NO5. The highest BCUT2D eigenvalue weighted by Crippen LogP contribution is 2.30. The zero-order valence-electron chi connectivity index (χ0n) is 14.4. The van der Waals surface area contributed by atoms with Gasteiger partial charge in [-0.15, -0.1) is 0 Å². The normalized spacial score (nSPS) is 23.4. The number of carbonyl (C=O) groups is 2. The van der Waals surface area contributed by atoms with Gasteiger partial charge in [-0.1, -0.05) is 32.8 Å². The van der Waals surface area contributed by atoms with Gasteiger partial charge in [-0.25, -0.2) is 4.79 Å². The molecule has 0 saturated heterocycles. The Morgan fingerprint density at radius 1 is 1.29 bits per heavy atom. The first-order valence-electron chi connectivity index (χ1n) is 8.26. The number of aromatic hydroxyl groups is 1. The number of para-hydroxylation sites is 1. The van der Waals surface area contributed by atoms with E-state index in [9.17, 15) is 14.7 Å². The van der Waals surface area contributed by atoms with Crippen LogP contribution in [-0.4, -0.2) is 36.7 Å². The lowest BCUT2D eigenvalue weighted by Gasteiger charge is -2.34. The molecule has 1 fully saturated rings. The number of hydrogen-bond donors (Lipinski definition) is 2. The lowest BCUT2D eigenvalue weighted by molar-refractivity contribution is -0.125. The first kappa shape index (κ1) is 18.1. The number of esters is 1. The maximum Gasteiger partial charge on any atom is 0.342 e. The van der Waals surface area contributed by atoms with Crippen molar-refractivity contribution < 1.29 is 24.2 Å². The molecule has 0 radical (unpaired) electrons. The number of benzene rings is 1. The summed E-state index contributed by atoms with van der Waals surface area (Å²) < 4.78 is 9.95. The summed E-state index contributed by atoms with van der Waals surface area (Å²) >= 11 is 0. The summed E-state index contributed by atoms with van der Waals surface area (Å²) in [7, 11) is 1.39. The molecule has 24 heavy (non-hydrogen) atoms. The first-order valence-corrected chi connectivity index (χ1v) is 8.26. The van der Waals surface area contributed by atoms with E-state index < -0.39 is 5.97 Å². The Kier molecular flexibility index (Phi) is 6.06. The second-order valence-electron chi connectivity index (χ2n) is 6.37. The van der Waals surface area contributed by atoms with E-state index in [-0.39, 0.29) is 35.6 Å². The van der Waals surface area contributed by atoms with Gasteiger partial charge >= 0.3 is 5.97 Å². The number of rotatable bonds is 5. The monoisotopic (exact) mass is 335 g/mol. The molecule has 0 heterocycles. The van der Waals surface area contributed by atoms with Gasteiger partial charge < -0.3 is 19.9 Å². The Hall–Kier alpha value is -2.24. The van der Waals surface area contributed by atoms with Gasteiger partial charge in [-0.2, -0.15) is 0 Å². The maximum absolute atomic E-state index is 12.0. The molecule has 0 unspecified atom stereocenters. The van der Waals surface area contributed by atoms with Crippen molar-refractivity contribution in [3.8, 4) is 11.5 Å². The van der Waals surface area contributed by atoms with Gasteiger partial charge in [0, 0.05) is 6.04 Å². The van der Waals surface area contributed by atoms with Crippen LogP contribution in [0, 0.1) is 11.8 Å². The number of methoxy groups -OCH3 is 1. The van der Waals surface area contributed by atoms with Gasteiger partial charge in [0.1, 0.15) is 5.56 Å². The lowest BCUT2D eigenvalue weighted by Crippen LogP contribution is -2.45. The van der Waals surface area contributed by atoms with Crippen molar-refractivity contribution in [1.29, 1.82) is 0 Å². The van der Waals surface area contributed by atoms with E-state index in [1.54, 1.807) is 6.07 Å². The molecule has 1 aliphatic rings. The summed E-state index contributed by atoms with van der Waals surface area (Å²) in [5.74, 6) is -0.219. The van der Waals surface area contributed by atoms with Crippen LogP contribution in [0.25, 0.3) is 0 Å². The minimum atomic E-state index is -0.758. The third kappa shape index (κ3) is 4.19. The van der Waals surface area contributed by atoms with E-state index in [1.807, 2.05) is 0 Å². The fraction of sp³-hybridized carbons (Fsp3) is 0.556. The van der Waals surface area contributed by atoms with Crippen LogP contribution in [0.1, 0.15) is 43.5 Å². The zero-order chi connectivity index (χ0) is 17.7. The van der Waals surface area contributed by atoms with Crippen LogP contribution in [0.15, 0.2) is 18.2 Å². The molecule has 0 spiro atoms. The Labute approximate surface area is 142 Å². The third-order valence-corrected chi connectivity index (χ3v) is 4.83. The van der Waals surface area contributed by atoms with E-state index >= 15 is 0 Å². The van der Waals surface area contributed by atoms with Crippen LogP contribution in [0.5, 0.6) is 11.5 Å². The van der Waals surface area contributed by atoms with Gasteiger partial charge in [0.05, 0.1) is 7.11 Å². The van der Waals surface area contributed by atoms with Gasteiger partial charge in [0.25, 0.3) is 5.91 Å². The fourth-order valence-corrected chi connectivity index (χ4v) is 3.09. The van der Waals surface area contributed by atoms with Crippen molar-refractivity contribution in [3.63, 3.8) is 0 Å². The van der Waals surface area contributed by atoms with Crippen LogP contribution in [0.4, 0.5) is 0 Å². The highest BCUT2D eigenvalue weighted by molar-refractivity contribution is 5.94. The summed E-state index contributed by atoms with van der Waals surface area (Å²) in [5.41, 5.74) is -0.0261. The average Bonchev–Trinajstić information content (AvgIpc) is 2.57. The van der Waals surface area contributed by atoms with Crippen LogP contribution in [0.2, 0.25) is 0 Å². The Balaban J connectivity index is 1.88. The van der Waals surface area contributed by atoms with E-state index in [1.165, 1.54) is 25.7 Å². The number of phenolic OH excluding ortho intramolecular Hbond substituents is 1. The maximum atomic E-state index is 12.0. The number of ether oxygens (including phenoxy) is 2. The molecule has 6 nitrogen and oxygen atoms in total.